The second kappa shape index (κ2) is 9.08. The Morgan fingerprint density at radius 3 is 2.79 bits per heavy atom. The van der Waals surface area contributed by atoms with Crippen molar-refractivity contribution in [2.24, 2.45) is 0 Å². The van der Waals surface area contributed by atoms with E-state index in [9.17, 15) is 9.90 Å². The Morgan fingerprint density at radius 1 is 1.18 bits per heavy atom. The lowest BCUT2D eigenvalue weighted by atomic mass is 10.2. The lowest BCUT2D eigenvalue weighted by Gasteiger charge is -2.28. The SMILES string of the molecule is Cc1nc(Nc2nc(NCc3ccc4c(c3)OCO4)cc(N3CCNCC3)n2)sc1C(=O)O. The molecular weight excluding hydrogens is 446 g/mol. The molecule has 0 unspecified atom stereocenters. The van der Waals surface area contributed by atoms with Crippen LogP contribution < -0.4 is 30.3 Å². The van der Waals surface area contributed by atoms with E-state index in [1.54, 1.807) is 6.92 Å². The number of anilines is 4. The summed E-state index contributed by atoms with van der Waals surface area (Å²) in [7, 11) is 0. The Bertz CT molecular complexity index is 1180. The predicted octanol–water partition coefficient (Wildman–Crippen LogP) is 2.43. The predicted molar refractivity (Wildman–Crippen MR) is 124 cm³/mol. The van der Waals surface area contributed by atoms with Crippen molar-refractivity contribution >= 4 is 40.0 Å². The van der Waals surface area contributed by atoms with E-state index in [0.29, 0.717) is 29.1 Å². The van der Waals surface area contributed by atoms with Gasteiger partial charge in [-0.3, -0.25) is 5.32 Å². The largest absolute Gasteiger partial charge is 0.477 e. The quantitative estimate of drug-likeness (QED) is 0.406. The standard InChI is InChI=1S/C21H23N7O4S/c1-12-18(19(29)30)33-21(24-12)27-20-25-16(9-17(26-20)28-6-4-22-5-7-28)23-10-13-2-3-14-15(8-13)32-11-31-14/h2-3,8-9,22H,4-7,10-11H2,1H3,(H,29,30)(H2,23,24,25,26,27). The maximum Gasteiger partial charge on any atom is 0.347 e. The molecule has 3 aromatic rings. The fourth-order valence-corrected chi connectivity index (χ4v) is 4.42. The molecule has 0 radical (unpaired) electrons. The van der Waals surface area contributed by atoms with Gasteiger partial charge in [-0.2, -0.15) is 9.97 Å². The zero-order valence-corrected chi connectivity index (χ0v) is 18.7. The van der Waals surface area contributed by atoms with E-state index in [-0.39, 0.29) is 11.7 Å². The lowest BCUT2D eigenvalue weighted by molar-refractivity contribution is 0.0701. The van der Waals surface area contributed by atoms with Crippen molar-refractivity contribution in [3.05, 3.63) is 40.4 Å². The van der Waals surface area contributed by atoms with Crippen LogP contribution in [0, 0.1) is 6.92 Å². The molecule has 0 spiro atoms. The summed E-state index contributed by atoms with van der Waals surface area (Å²) in [6.45, 7) is 5.85. The highest BCUT2D eigenvalue weighted by molar-refractivity contribution is 7.17. The lowest BCUT2D eigenvalue weighted by Crippen LogP contribution is -2.44. The Hall–Kier alpha value is -3.64. The van der Waals surface area contributed by atoms with Crippen LogP contribution in [0.2, 0.25) is 0 Å². The number of ether oxygens (including phenoxy) is 2. The van der Waals surface area contributed by atoms with Crippen LogP contribution in [0.25, 0.3) is 0 Å². The van der Waals surface area contributed by atoms with Crippen molar-refractivity contribution in [3.63, 3.8) is 0 Å². The van der Waals surface area contributed by atoms with Gasteiger partial charge >= 0.3 is 5.97 Å². The van der Waals surface area contributed by atoms with E-state index in [0.717, 1.165) is 60.4 Å². The van der Waals surface area contributed by atoms with Crippen molar-refractivity contribution in [2.45, 2.75) is 13.5 Å². The zero-order valence-electron chi connectivity index (χ0n) is 17.9. The van der Waals surface area contributed by atoms with Gasteiger partial charge in [0.15, 0.2) is 16.6 Å². The summed E-state index contributed by atoms with van der Waals surface area (Å²) >= 11 is 1.06. The van der Waals surface area contributed by atoms with Crippen LogP contribution >= 0.6 is 11.3 Å². The molecule has 0 aliphatic carbocycles. The van der Waals surface area contributed by atoms with E-state index in [4.69, 9.17) is 9.47 Å². The molecule has 1 aromatic carbocycles. The summed E-state index contributed by atoms with van der Waals surface area (Å²) in [5, 5.41) is 19.5. The summed E-state index contributed by atoms with van der Waals surface area (Å²) in [6.07, 6.45) is 0. The highest BCUT2D eigenvalue weighted by Gasteiger charge is 2.18. The van der Waals surface area contributed by atoms with Crippen LogP contribution in [0.15, 0.2) is 24.3 Å². The number of aryl methyl sites for hydroxylation is 1. The number of aromatic carboxylic acids is 1. The Morgan fingerprint density at radius 2 is 2.00 bits per heavy atom. The maximum absolute atomic E-state index is 11.4. The van der Waals surface area contributed by atoms with Gasteiger partial charge in [-0.25, -0.2) is 9.78 Å². The maximum atomic E-state index is 11.4. The topological polar surface area (TPSA) is 134 Å². The summed E-state index contributed by atoms with van der Waals surface area (Å²) in [6, 6.07) is 7.73. The fraction of sp³-hybridized carbons (Fsp3) is 0.333. The first-order chi connectivity index (χ1) is 16.0. The number of rotatable bonds is 7. The first-order valence-corrected chi connectivity index (χ1v) is 11.3. The molecular formula is C21H23N7O4S. The first kappa shape index (κ1) is 21.2. The highest BCUT2D eigenvalue weighted by atomic mass is 32.1. The molecule has 1 saturated heterocycles. The normalized spacial score (nSPS) is 14.9. The number of thiazole rings is 1. The molecule has 4 heterocycles. The molecule has 1 fully saturated rings. The molecule has 0 saturated carbocycles. The Balaban J connectivity index is 1.38. The number of aromatic nitrogens is 3. The number of nitrogens with one attached hydrogen (secondary N) is 3. The van der Waals surface area contributed by atoms with Crippen molar-refractivity contribution in [3.8, 4) is 11.5 Å². The monoisotopic (exact) mass is 469 g/mol. The summed E-state index contributed by atoms with van der Waals surface area (Å²) in [4.78, 5) is 27.3. The van der Waals surface area contributed by atoms with E-state index in [1.165, 1.54) is 0 Å². The molecule has 5 rings (SSSR count). The van der Waals surface area contributed by atoms with Crippen LogP contribution in [0.1, 0.15) is 20.9 Å². The molecule has 2 aliphatic heterocycles. The van der Waals surface area contributed by atoms with Gasteiger partial charge in [0.2, 0.25) is 12.7 Å². The molecule has 33 heavy (non-hydrogen) atoms. The molecule has 0 atom stereocenters. The number of benzene rings is 1. The second-order valence-electron chi connectivity index (χ2n) is 7.58. The number of hydrogen-bond donors (Lipinski definition) is 4. The Kier molecular flexibility index (Phi) is 5.84. The molecule has 172 valence electrons. The minimum Gasteiger partial charge on any atom is -0.477 e. The number of carbonyl (C=O) groups is 1. The van der Waals surface area contributed by atoms with Gasteiger partial charge in [0.25, 0.3) is 0 Å². The van der Waals surface area contributed by atoms with Gasteiger partial charge in [-0.15, -0.1) is 0 Å². The van der Waals surface area contributed by atoms with Crippen LogP contribution in [-0.4, -0.2) is 59.0 Å². The number of carboxylic acid groups (broad SMARTS) is 1. The molecule has 12 heteroatoms. The van der Waals surface area contributed by atoms with Crippen LogP contribution in [-0.2, 0) is 6.54 Å². The third kappa shape index (κ3) is 4.76. The number of nitrogens with zero attached hydrogens (tertiary/aromatic N) is 4. The van der Waals surface area contributed by atoms with E-state index in [1.807, 2.05) is 24.3 Å². The third-order valence-corrected chi connectivity index (χ3v) is 6.33. The van der Waals surface area contributed by atoms with Crippen LogP contribution in [0.5, 0.6) is 11.5 Å². The fourth-order valence-electron chi connectivity index (χ4n) is 3.62. The minimum atomic E-state index is -1.00. The van der Waals surface area contributed by atoms with Crippen molar-refractivity contribution in [1.29, 1.82) is 0 Å². The number of hydrogen-bond acceptors (Lipinski definition) is 11. The van der Waals surface area contributed by atoms with Crippen molar-refractivity contribution in [2.75, 3.05) is 48.5 Å². The van der Waals surface area contributed by atoms with Gasteiger partial charge in [0.05, 0.1) is 5.69 Å². The third-order valence-electron chi connectivity index (χ3n) is 5.27. The second-order valence-corrected chi connectivity index (χ2v) is 8.58. The molecule has 0 bridgehead atoms. The van der Waals surface area contributed by atoms with Crippen molar-refractivity contribution < 1.29 is 19.4 Å². The van der Waals surface area contributed by atoms with Gasteiger partial charge in [0, 0.05) is 38.8 Å². The van der Waals surface area contributed by atoms with Crippen molar-refractivity contribution in [1.82, 2.24) is 20.3 Å². The zero-order chi connectivity index (χ0) is 22.8. The molecule has 11 nitrogen and oxygen atoms in total. The summed E-state index contributed by atoms with van der Waals surface area (Å²) < 4.78 is 10.8. The number of piperazine rings is 1. The highest BCUT2D eigenvalue weighted by Crippen LogP contribution is 2.33. The minimum absolute atomic E-state index is 0.192. The van der Waals surface area contributed by atoms with Gasteiger partial charge in [-0.05, 0) is 24.6 Å². The average molecular weight is 470 g/mol. The molecule has 2 aromatic heterocycles. The smallest absolute Gasteiger partial charge is 0.347 e. The molecule has 2 aliphatic rings. The van der Waals surface area contributed by atoms with Crippen LogP contribution in [0.4, 0.5) is 22.7 Å². The summed E-state index contributed by atoms with van der Waals surface area (Å²) in [5.74, 6) is 2.26. The Labute approximate surface area is 193 Å². The van der Waals surface area contributed by atoms with Gasteiger partial charge in [-0.1, -0.05) is 17.4 Å². The summed E-state index contributed by atoms with van der Waals surface area (Å²) in [5.41, 5.74) is 1.48. The average Bonchev–Trinajstić information content (AvgIpc) is 3.44. The van der Waals surface area contributed by atoms with E-state index >= 15 is 0 Å². The number of carboxylic acids is 1. The molecule has 0 amide bonds. The first-order valence-electron chi connectivity index (χ1n) is 10.5. The van der Waals surface area contributed by atoms with E-state index < -0.39 is 5.97 Å². The van der Waals surface area contributed by atoms with Gasteiger partial charge < -0.3 is 30.1 Å². The van der Waals surface area contributed by atoms with Gasteiger partial charge in [0.1, 0.15) is 16.5 Å². The molecule has 4 N–H and O–H groups in total. The van der Waals surface area contributed by atoms with Crippen LogP contribution in [0.3, 0.4) is 0 Å². The number of fused-ring (bicyclic) bond motifs is 1. The van der Waals surface area contributed by atoms with E-state index in [2.05, 4.69) is 35.8 Å².